The van der Waals surface area contributed by atoms with Gasteiger partial charge >= 0.3 is 0 Å². The Hall–Kier alpha value is -1.16. The molecule has 3 unspecified atom stereocenters. The van der Waals surface area contributed by atoms with Gasteiger partial charge in [0.25, 0.3) is 5.56 Å². The zero-order valence-corrected chi connectivity index (χ0v) is 10.5. The number of aliphatic hydroxyl groups is 1. The van der Waals surface area contributed by atoms with Gasteiger partial charge in [-0.2, -0.15) is 5.10 Å². The molecule has 1 aliphatic rings. The van der Waals surface area contributed by atoms with Gasteiger partial charge in [-0.05, 0) is 37.7 Å². The van der Waals surface area contributed by atoms with Gasteiger partial charge in [-0.1, -0.05) is 13.3 Å². The average Bonchev–Trinajstić information content (AvgIpc) is 2.29. The van der Waals surface area contributed by atoms with Crippen LogP contribution >= 0.6 is 0 Å². The van der Waals surface area contributed by atoms with Crippen molar-refractivity contribution in [2.24, 2.45) is 5.92 Å². The molecule has 1 fully saturated rings. The molecule has 94 valence electrons. The highest BCUT2D eigenvalue weighted by Gasteiger charge is 2.30. The normalized spacial score (nSPS) is 29.2. The van der Waals surface area contributed by atoms with Crippen LogP contribution in [0.15, 0.2) is 17.1 Å². The van der Waals surface area contributed by atoms with Crippen LogP contribution in [-0.2, 0) is 0 Å². The van der Waals surface area contributed by atoms with Crippen LogP contribution < -0.4 is 5.56 Å². The predicted molar refractivity (Wildman–Crippen MR) is 65.9 cm³/mol. The average molecular weight is 236 g/mol. The molecule has 2 rings (SSSR count). The van der Waals surface area contributed by atoms with Crippen molar-refractivity contribution >= 4 is 0 Å². The molecule has 0 radical (unpaired) electrons. The van der Waals surface area contributed by atoms with Gasteiger partial charge in [0.2, 0.25) is 0 Å². The first-order valence-electron chi connectivity index (χ1n) is 6.35. The Morgan fingerprint density at radius 1 is 1.53 bits per heavy atom. The molecule has 1 aliphatic carbocycles. The Morgan fingerprint density at radius 2 is 2.29 bits per heavy atom. The Labute approximate surface area is 101 Å². The van der Waals surface area contributed by atoms with Gasteiger partial charge in [-0.3, -0.25) is 4.79 Å². The summed E-state index contributed by atoms with van der Waals surface area (Å²) in [6, 6.07) is 1.66. The predicted octanol–water partition coefficient (Wildman–Crippen LogP) is 1.66. The second kappa shape index (κ2) is 5.00. The number of nitrogens with zero attached hydrogens (tertiary/aromatic N) is 2. The van der Waals surface area contributed by atoms with Gasteiger partial charge < -0.3 is 5.11 Å². The van der Waals surface area contributed by atoms with Crippen LogP contribution in [0.5, 0.6) is 0 Å². The zero-order chi connectivity index (χ0) is 12.4. The topological polar surface area (TPSA) is 55.1 Å². The molecule has 1 aromatic rings. The number of hydrogen-bond acceptors (Lipinski definition) is 3. The number of aliphatic hydroxyl groups excluding tert-OH is 1. The Balaban J connectivity index is 2.32. The van der Waals surface area contributed by atoms with Crippen LogP contribution in [0.4, 0.5) is 0 Å². The van der Waals surface area contributed by atoms with Crippen molar-refractivity contribution in [3.05, 3.63) is 28.2 Å². The van der Waals surface area contributed by atoms with E-state index in [1.165, 1.54) is 0 Å². The van der Waals surface area contributed by atoms with Crippen LogP contribution in [0.25, 0.3) is 0 Å². The fourth-order valence-corrected chi connectivity index (χ4v) is 2.72. The van der Waals surface area contributed by atoms with Gasteiger partial charge in [0, 0.05) is 6.07 Å². The molecule has 3 atom stereocenters. The van der Waals surface area contributed by atoms with Crippen LogP contribution in [0.1, 0.15) is 44.2 Å². The third-order valence-electron chi connectivity index (χ3n) is 3.73. The second-order valence-electron chi connectivity index (χ2n) is 5.02. The third kappa shape index (κ3) is 2.57. The molecule has 4 heteroatoms. The summed E-state index contributed by atoms with van der Waals surface area (Å²) in [5.41, 5.74) is 0.832. The van der Waals surface area contributed by atoms with E-state index in [1.54, 1.807) is 16.9 Å². The molecule has 1 saturated carbocycles. The minimum atomic E-state index is -0.294. The lowest BCUT2D eigenvalue weighted by atomic mass is 9.81. The number of hydrogen-bond donors (Lipinski definition) is 1. The van der Waals surface area contributed by atoms with Crippen molar-refractivity contribution in [3.8, 4) is 0 Å². The largest absolute Gasteiger partial charge is 0.393 e. The monoisotopic (exact) mass is 236 g/mol. The summed E-state index contributed by atoms with van der Waals surface area (Å²) < 4.78 is 1.56. The summed E-state index contributed by atoms with van der Waals surface area (Å²) in [7, 11) is 0. The molecule has 1 heterocycles. The molecular weight excluding hydrogens is 216 g/mol. The standard InChI is InChI=1S/C13H20N2O2/c1-3-10-4-5-11(16)7-12(10)15-13(17)6-9(2)8-14-15/h6,8,10-12,16H,3-5,7H2,1-2H3. The van der Waals surface area contributed by atoms with Crippen LogP contribution in [0, 0.1) is 12.8 Å². The summed E-state index contributed by atoms with van der Waals surface area (Å²) in [6.07, 6.45) is 4.92. The number of aromatic nitrogens is 2. The minimum Gasteiger partial charge on any atom is -0.393 e. The number of aryl methyl sites for hydroxylation is 1. The summed E-state index contributed by atoms with van der Waals surface area (Å²) in [6.45, 7) is 4.00. The van der Waals surface area contributed by atoms with E-state index in [-0.39, 0.29) is 17.7 Å². The van der Waals surface area contributed by atoms with Gasteiger partial charge in [0.15, 0.2) is 0 Å². The second-order valence-corrected chi connectivity index (χ2v) is 5.02. The van der Waals surface area contributed by atoms with E-state index >= 15 is 0 Å². The first-order valence-corrected chi connectivity index (χ1v) is 6.35. The van der Waals surface area contributed by atoms with Gasteiger partial charge in [0.05, 0.1) is 18.3 Å². The molecule has 0 saturated heterocycles. The van der Waals surface area contributed by atoms with Crippen molar-refractivity contribution in [1.82, 2.24) is 9.78 Å². The van der Waals surface area contributed by atoms with Gasteiger partial charge in [0.1, 0.15) is 0 Å². The molecular formula is C13H20N2O2. The van der Waals surface area contributed by atoms with E-state index in [9.17, 15) is 9.90 Å². The summed E-state index contributed by atoms with van der Waals surface area (Å²) in [5, 5.41) is 14.0. The minimum absolute atomic E-state index is 0.0526. The summed E-state index contributed by atoms with van der Waals surface area (Å²) in [4.78, 5) is 11.9. The maximum Gasteiger partial charge on any atom is 0.267 e. The Morgan fingerprint density at radius 3 is 2.94 bits per heavy atom. The van der Waals surface area contributed by atoms with Crippen molar-refractivity contribution in [1.29, 1.82) is 0 Å². The first-order chi connectivity index (χ1) is 8.11. The fourth-order valence-electron chi connectivity index (χ4n) is 2.72. The van der Waals surface area contributed by atoms with E-state index < -0.39 is 0 Å². The smallest absolute Gasteiger partial charge is 0.267 e. The van der Waals surface area contributed by atoms with Crippen LogP contribution in [0.3, 0.4) is 0 Å². The fraction of sp³-hybridized carbons (Fsp3) is 0.692. The van der Waals surface area contributed by atoms with Crippen molar-refractivity contribution in [3.63, 3.8) is 0 Å². The lowest BCUT2D eigenvalue weighted by Crippen LogP contribution is -2.36. The molecule has 17 heavy (non-hydrogen) atoms. The highest BCUT2D eigenvalue weighted by atomic mass is 16.3. The molecule has 0 spiro atoms. The van der Waals surface area contributed by atoms with Gasteiger partial charge in [-0.25, -0.2) is 4.68 Å². The van der Waals surface area contributed by atoms with Crippen molar-refractivity contribution < 1.29 is 5.11 Å². The number of rotatable bonds is 2. The molecule has 1 aromatic heterocycles. The van der Waals surface area contributed by atoms with E-state index in [4.69, 9.17) is 0 Å². The zero-order valence-electron chi connectivity index (χ0n) is 10.5. The van der Waals surface area contributed by atoms with E-state index in [0.29, 0.717) is 12.3 Å². The Bertz CT molecular complexity index is 441. The van der Waals surface area contributed by atoms with E-state index in [1.807, 2.05) is 6.92 Å². The highest BCUT2D eigenvalue weighted by molar-refractivity contribution is 5.03. The Kier molecular flexibility index (Phi) is 3.62. The quantitative estimate of drug-likeness (QED) is 0.849. The van der Waals surface area contributed by atoms with Crippen molar-refractivity contribution in [2.45, 2.75) is 51.7 Å². The molecule has 0 aromatic carbocycles. The third-order valence-corrected chi connectivity index (χ3v) is 3.73. The van der Waals surface area contributed by atoms with Crippen LogP contribution in [0.2, 0.25) is 0 Å². The van der Waals surface area contributed by atoms with E-state index in [2.05, 4.69) is 12.0 Å². The maximum atomic E-state index is 11.9. The van der Waals surface area contributed by atoms with E-state index in [0.717, 1.165) is 24.8 Å². The summed E-state index contributed by atoms with van der Waals surface area (Å²) >= 11 is 0. The lowest BCUT2D eigenvalue weighted by Gasteiger charge is -2.33. The summed E-state index contributed by atoms with van der Waals surface area (Å²) in [5.74, 6) is 0.450. The van der Waals surface area contributed by atoms with Crippen molar-refractivity contribution in [2.75, 3.05) is 0 Å². The molecule has 4 nitrogen and oxygen atoms in total. The van der Waals surface area contributed by atoms with Gasteiger partial charge in [-0.15, -0.1) is 0 Å². The SMILES string of the molecule is CCC1CCC(O)CC1n1ncc(C)cc1=O. The molecule has 0 amide bonds. The first kappa shape index (κ1) is 12.3. The lowest BCUT2D eigenvalue weighted by molar-refractivity contribution is 0.0648. The highest BCUT2D eigenvalue weighted by Crippen LogP contribution is 2.34. The molecule has 1 N–H and O–H groups in total. The molecule has 0 aliphatic heterocycles. The maximum absolute atomic E-state index is 11.9. The molecule has 0 bridgehead atoms. The van der Waals surface area contributed by atoms with Crippen LogP contribution in [-0.4, -0.2) is 21.0 Å².